The normalized spacial score (nSPS) is 13.2. The van der Waals surface area contributed by atoms with Crippen LogP contribution >= 0.6 is 45.6 Å². The number of rotatable bonds is 11. The number of methoxy groups -OCH3 is 2. The van der Waals surface area contributed by atoms with Crippen molar-refractivity contribution < 1.29 is 23.4 Å². The predicted octanol–water partition coefficient (Wildman–Crippen LogP) is 5.95. The van der Waals surface area contributed by atoms with E-state index >= 15 is 0 Å². The molecule has 2 N–H and O–H groups in total. The topological polar surface area (TPSA) is 97.8 Å². The summed E-state index contributed by atoms with van der Waals surface area (Å²) in [5.41, 5.74) is 2.73. The number of hydrogen-bond acceptors (Lipinski definition) is 8. The fourth-order valence-electron chi connectivity index (χ4n) is 4.13. The predicted molar refractivity (Wildman–Crippen MR) is 167 cm³/mol. The zero-order valence-corrected chi connectivity index (χ0v) is 26.4. The molecule has 0 spiro atoms. The van der Waals surface area contributed by atoms with Gasteiger partial charge in [0.1, 0.15) is 30.3 Å². The van der Waals surface area contributed by atoms with E-state index in [0.29, 0.717) is 53.7 Å². The summed E-state index contributed by atoms with van der Waals surface area (Å²) in [5, 5.41) is 6.75. The maximum atomic E-state index is 13.6. The van der Waals surface area contributed by atoms with Gasteiger partial charge in [-0.25, -0.2) is 14.4 Å². The van der Waals surface area contributed by atoms with Gasteiger partial charge in [0, 0.05) is 57.1 Å². The lowest BCUT2D eigenvalue weighted by molar-refractivity contribution is -0.112. The fraction of sp³-hybridized carbons (Fsp3) is 0.370. The number of carbonyl (C=O) groups is 1. The second kappa shape index (κ2) is 16.8. The highest BCUT2D eigenvalue weighted by Gasteiger charge is 2.17. The standard InChI is InChI=1S/C27H31ClFN5O4.2BrH/c1-36-10-9-34-7-5-18(6-8-34)13-26(35)33-24-15-20-23(16-25(24)38-12-11-37-2)30-17-31-27(20)32-19-3-4-22(29)21(28)14-19;;/h3-4,13-17H,5-12H2,1-2H3,(H,33,35)(H,30,31,32);2*1H. The number of ether oxygens (including phenoxy) is 3. The number of hydrogen-bond donors (Lipinski definition) is 2. The molecule has 40 heavy (non-hydrogen) atoms. The van der Waals surface area contributed by atoms with Crippen LogP contribution in [0.3, 0.4) is 0 Å². The minimum absolute atomic E-state index is 0. The molecule has 3 aromatic rings. The molecule has 1 aliphatic heterocycles. The van der Waals surface area contributed by atoms with E-state index < -0.39 is 5.82 Å². The van der Waals surface area contributed by atoms with Crippen molar-refractivity contribution in [1.29, 1.82) is 0 Å². The number of amides is 1. The van der Waals surface area contributed by atoms with Crippen molar-refractivity contribution in [2.75, 3.05) is 64.3 Å². The molecule has 0 atom stereocenters. The molecule has 2 aromatic carbocycles. The van der Waals surface area contributed by atoms with Crippen molar-refractivity contribution in [3.05, 3.63) is 59.1 Å². The van der Waals surface area contributed by atoms with Crippen LogP contribution in [0, 0.1) is 5.82 Å². The molecule has 4 rings (SSSR count). The number of likely N-dealkylation sites (tertiary alicyclic amines) is 1. The van der Waals surface area contributed by atoms with Crippen LogP contribution < -0.4 is 15.4 Å². The molecule has 0 unspecified atom stereocenters. The Bertz CT molecular complexity index is 1310. The van der Waals surface area contributed by atoms with Gasteiger partial charge in [-0.15, -0.1) is 34.0 Å². The summed E-state index contributed by atoms with van der Waals surface area (Å²) < 4.78 is 29.8. The number of carbonyl (C=O) groups excluding carboxylic acids is 1. The second-order valence-electron chi connectivity index (χ2n) is 8.81. The largest absolute Gasteiger partial charge is 0.489 e. The van der Waals surface area contributed by atoms with Gasteiger partial charge in [0.25, 0.3) is 0 Å². The van der Waals surface area contributed by atoms with E-state index in [-0.39, 0.29) is 44.9 Å². The number of aromatic nitrogens is 2. The molecule has 1 aliphatic rings. The molecule has 9 nitrogen and oxygen atoms in total. The highest BCUT2D eigenvalue weighted by atomic mass is 79.9. The van der Waals surface area contributed by atoms with Gasteiger partial charge in [0.15, 0.2) is 0 Å². The summed E-state index contributed by atoms with van der Waals surface area (Å²) >= 11 is 5.94. The lowest BCUT2D eigenvalue weighted by Gasteiger charge is -2.27. The van der Waals surface area contributed by atoms with Gasteiger partial charge < -0.3 is 29.7 Å². The Hall–Kier alpha value is -2.35. The van der Waals surface area contributed by atoms with Crippen LogP contribution in [0.5, 0.6) is 5.75 Å². The van der Waals surface area contributed by atoms with E-state index in [9.17, 15) is 9.18 Å². The summed E-state index contributed by atoms with van der Waals surface area (Å²) in [6.45, 7) is 4.05. The lowest BCUT2D eigenvalue weighted by Crippen LogP contribution is -2.33. The van der Waals surface area contributed by atoms with Crippen LogP contribution in [0.2, 0.25) is 5.02 Å². The van der Waals surface area contributed by atoms with E-state index in [0.717, 1.165) is 38.0 Å². The van der Waals surface area contributed by atoms with E-state index in [1.54, 1.807) is 38.5 Å². The minimum Gasteiger partial charge on any atom is -0.489 e. The molecule has 1 fully saturated rings. The Morgan fingerprint density at radius 1 is 1.07 bits per heavy atom. The highest BCUT2D eigenvalue weighted by molar-refractivity contribution is 8.93. The van der Waals surface area contributed by atoms with Gasteiger partial charge in [-0.05, 0) is 37.1 Å². The molecule has 1 aromatic heterocycles. The molecule has 0 radical (unpaired) electrons. The molecule has 1 amide bonds. The number of anilines is 3. The number of nitrogens with zero attached hydrogens (tertiary/aromatic N) is 3. The molecular weight excluding hydrogens is 673 g/mol. The van der Waals surface area contributed by atoms with Gasteiger partial charge in [-0.1, -0.05) is 17.2 Å². The summed E-state index contributed by atoms with van der Waals surface area (Å²) in [4.78, 5) is 24.0. The van der Waals surface area contributed by atoms with Gasteiger partial charge in [-0.3, -0.25) is 4.79 Å². The average Bonchev–Trinajstić information content (AvgIpc) is 2.91. The Morgan fingerprint density at radius 3 is 2.52 bits per heavy atom. The minimum atomic E-state index is -0.512. The summed E-state index contributed by atoms with van der Waals surface area (Å²) in [5.74, 6) is 0.184. The third kappa shape index (κ3) is 9.35. The summed E-state index contributed by atoms with van der Waals surface area (Å²) in [6.07, 6.45) is 4.73. The maximum absolute atomic E-state index is 13.6. The molecule has 1 saturated heterocycles. The van der Waals surface area contributed by atoms with Crippen molar-refractivity contribution in [2.24, 2.45) is 0 Å². The van der Waals surface area contributed by atoms with Crippen LogP contribution in [-0.4, -0.2) is 74.4 Å². The quantitative estimate of drug-likeness (QED) is 0.187. The number of halogens is 4. The monoisotopic (exact) mass is 703 g/mol. The van der Waals surface area contributed by atoms with Crippen molar-refractivity contribution in [3.8, 4) is 5.75 Å². The maximum Gasteiger partial charge on any atom is 0.248 e. The first-order chi connectivity index (χ1) is 18.5. The van der Waals surface area contributed by atoms with Gasteiger partial charge >= 0.3 is 0 Å². The number of piperidine rings is 1. The molecular formula is C27H33Br2ClFN5O4. The fourth-order valence-corrected chi connectivity index (χ4v) is 4.31. The molecule has 2 heterocycles. The summed E-state index contributed by atoms with van der Waals surface area (Å²) in [7, 11) is 3.29. The third-order valence-corrected chi connectivity index (χ3v) is 6.46. The van der Waals surface area contributed by atoms with E-state index in [1.807, 2.05) is 0 Å². The molecule has 218 valence electrons. The summed E-state index contributed by atoms with van der Waals surface area (Å²) in [6, 6.07) is 7.81. The Balaban J connectivity index is 0.00000280. The van der Waals surface area contributed by atoms with Crippen molar-refractivity contribution in [1.82, 2.24) is 14.9 Å². The Morgan fingerprint density at radius 2 is 1.82 bits per heavy atom. The lowest BCUT2D eigenvalue weighted by atomic mass is 10.0. The number of benzene rings is 2. The Labute approximate surface area is 259 Å². The first-order valence-electron chi connectivity index (χ1n) is 12.3. The average molecular weight is 706 g/mol. The van der Waals surface area contributed by atoms with Crippen LogP contribution in [0.15, 0.2) is 48.3 Å². The Kier molecular flexibility index (Phi) is 14.2. The van der Waals surface area contributed by atoms with Crippen molar-refractivity contribution >= 4 is 79.6 Å². The zero-order valence-electron chi connectivity index (χ0n) is 22.2. The van der Waals surface area contributed by atoms with Crippen molar-refractivity contribution in [2.45, 2.75) is 12.8 Å². The highest BCUT2D eigenvalue weighted by Crippen LogP contribution is 2.34. The molecule has 0 bridgehead atoms. The van der Waals surface area contributed by atoms with Gasteiger partial charge in [0.2, 0.25) is 5.91 Å². The first-order valence-corrected chi connectivity index (χ1v) is 12.7. The van der Waals surface area contributed by atoms with Gasteiger partial charge in [-0.2, -0.15) is 0 Å². The van der Waals surface area contributed by atoms with Crippen molar-refractivity contribution in [3.63, 3.8) is 0 Å². The SMILES string of the molecule is Br.Br.COCCOc1cc2ncnc(Nc3ccc(F)c(Cl)c3)c2cc1NC(=O)C=C1CCN(CCOC)CC1. The molecule has 13 heteroatoms. The zero-order chi connectivity index (χ0) is 26.9. The number of nitrogens with one attached hydrogen (secondary N) is 2. The van der Waals surface area contributed by atoms with E-state index in [4.69, 9.17) is 25.8 Å². The molecule has 0 saturated carbocycles. The van der Waals surface area contributed by atoms with E-state index in [1.165, 1.54) is 18.5 Å². The van der Waals surface area contributed by atoms with Crippen LogP contribution in [0.1, 0.15) is 12.8 Å². The van der Waals surface area contributed by atoms with Gasteiger partial charge in [0.05, 0.1) is 29.4 Å². The molecule has 0 aliphatic carbocycles. The van der Waals surface area contributed by atoms with Crippen LogP contribution in [0.25, 0.3) is 10.9 Å². The smallest absolute Gasteiger partial charge is 0.248 e. The third-order valence-electron chi connectivity index (χ3n) is 6.17. The number of fused-ring (bicyclic) bond motifs is 1. The van der Waals surface area contributed by atoms with Crippen LogP contribution in [-0.2, 0) is 14.3 Å². The first kappa shape index (κ1) is 33.9. The van der Waals surface area contributed by atoms with Crippen LogP contribution in [0.4, 0.5) is 21.6 Å². The van der Waals surface area contributed by atoms with E-state index in [2.05, 4.69) is 25.5 Å². The second-order valence-corrected chi connectivity index (χ2v) is 9.22.